The maximum atomic E-state index is 5.30. The van der Waals surface area contributed by atoms with Crippen LogP contribution < -0.4 is 11.5 Å². The van der Waals surface area contributed by atoms with Crippen LogP contribution in [0.3, 0.4) is 0 Å². The fraction of sp³-hybridized carbons (Fsp3) is 0.600. The molecule has 0 radical (unpaired) electrons. The van der Waals surface area contributed by atoms with Gasteiger partial charge in [0.05, 0.1) is 0 Å². The zero-order chi connectivity index (χ0) is 10.2. The Bertz CT molecular complexity index is 170. The van der Waals surface area contributed by atoms with Gasteiger partial charge in [0.1, 0.15) is 0 Å². The number of hydrogen-bond donors (Lipinski definition) is 2. The van der Waals surface area contributed by atoms with Crippen molar-refractivity contribution in [3.05, 3.63) is 24.6 Å². The first kappa shape index (κ1) is 11.1. The number of rotatable bonds is 4. The van der Waals surface area contributed by atoms with Gasteiger partial charge in [-0.1, -0.05) is 12.2 Å². The van der Waals surface area contributed by atoms with Gasteiger partial charge in [0.15, 0.2) is 0 Å². The Balaban J connectivity index is 2.17. The van der Waals surface area contributed by atoms with Crippen molar-refractivity contribution in [2.45, 2.75) is 0 Å². The van der Waals surface area contributed by atoms with Crippen LogP contribution in [-0.2, 0) is 0 Å². The molecule has 0 saturated carbocycles. The molecule has 0 amide bonds. The second-order valence-electron chi connectivity index (χ2n) is 3.46. The molecule has 1 aliphatic heterocycles. The molecule has 0 atom stereocenters. The van der Waals surface area contributed by atoms with E-state index in [0.717, 1.165) is 39.3 Å². The quantitative estimate of drug-likeness (QED) is 0.639. The van der Waals surface area contributed by atoms with Gasteiger partial charge in [-0.25, -0.2) is 0 Å². The summed E-state index contributed by atoms with van der Waals surface area (Å²) in [5, 5.41) is 0. The maximum Gasteiger partial charge on any atom is 0.0181 e. The van der Waals surface area contributed by atoms with Crippen molar-refractivity contribution in [2.75, 3.05) is 39.3 Å². The van der Waals surface area contributed by atoms with Crippen LogP contribution >= 0.6 is 0 Å². The molecule has 0 bridgehead atoms. The van der Waals surface area contributed by atoms with E-state index in [0.29, 0.717) is 0 Å². The highest BCUT2D eigenvalue weighted by Gasteiger charge is 2.13. The number of hydrogen-bond acceptors (Lipinski definition) is 4. The lowest BCUT2D eigenvalue weighted by Gasteiger charge is -2.33. The third kappa shape index (κ3) is 3.81. The lowest BCUT2D eigenvalue weighted by atomic mass is 10.3. The first-order valence-corrected chi connectivity index (χ1v) is 5.05. The summed E-state index contributed by atoms with van der Waals surface area (Å²) in [5.74, 6) is 0. The zero-order valence-electron chi connectivity index (χ0n) is 8.60. The highest BCUT2D eigenvalue weighted by molar-refractivity contribution is 4.86. The van der Waals surface area contributed by atoms with Gasteiger partial charge in [-0.3, -0.25) is 9.80 Å². The SMILES string of the molecule is NC=CCN1CCN(CC=CN)CC1. The summed E-state index contributed by atoms with van der Waals surface area (Å²) in [6.07, 6.45) is 7.22. The summed E-state index contributed by atoms with van der Waals surface area (Å²) in [5.41, 5.74) is 10.6. The average Bonchev–Trinajstić information content (AvgIpc) is 2.25. The molecule has 0 aromatic heterocycles. The van der Waals surface area contributed by atoms with Crippen LogP contribution in [-0.4, -0.2) is 49.1 Å². The summed E-state index contributed by atoms with van der Waals surface area (Å²) < 4.78 is 0. The summed E-state index contributed by atoms with van der Waals surface area (Å²) in [6.45, 7) is 6.39. The van der Waals surface area contributed by atoms with E-state index in [9.17, 15) is 0 Å². The Morgan fingerprint density at radius 1 is 0.786 bits per heavy atom. The third-order valence-electron chi connectivity index (χ3n) is 2.46. The largest absolute Gasteiger partial charge is 0.405 e. The number of piperazine rings is 1. The molecule has 0 aromatic carbocycles. The first-order valence-electron chi connectivity index (χ1n) is 5.05. The molecule has 4 nitrogen and oxygen atoms in total. The van der Waals surface area contributed by atoms with Crippen molar-refractivity contribution in [3.63, 3.8) is 0 Å². The minimum atomic E-state index is 0.969. The molecule has 14 heavy (non-hydrogen) atoms. The van der Waals surface area contributed by atoms with Crippen molar-refractivity contribution in [3.8, 4) is 0 Å². The van der Waals surface area contributed by atoms with Crippen LogP contribution in [0.15, 0.2) is 24.6 Å². The van der Waals surface area contributed by atoms with Crippen LogP contribution in [0.2, 0.25) is 0 Å². The van der Waals surface area contributed by atoms with Crippen LogP contribution in [0.4, 0.5) is 0 Å². The van der Waals surface area contributed by atoms with Gasteiger partial charge in [-0.05, 0) is 12.4 Å². The molecule has 1 saturated heterocycles. The average molecular weight is 196 g/mol. The predicted octanol–water partition coefficient (Wildman–Crippen LogP) is -0.451. The van der Waals surface area contributed by atoms with Crippen LogP contribution in [0.25, 0.3) is 0 Å². The molecule has 1 aliphatic rings. The third-order valence-corrected chi connectivity index (χ3v) is 2.46. The topological polar surface area (TPSA) is 58.5 Å². The molecule has 4 N–H and O–H groups in total. The van der Waals surface area contributed by atoms with E-state index in [4.69, 9.17) is 11.5 Å². The Hall–Kier alpha value is -1.00. The Kier molecular flexibility index (Phi) is 5.11. The second-order valence-corrected chi connectivity index (χ2v) is 3.46. The minimum Gasteiger partial charge on any atom is -0.405 e. The smallest absolute Gasteiger partial charge is 0.0181 e. The second kappa shape index (κ2) is 6.45. The molecular formula is C10H20N4. The molecule has 80 valence electrons. The highest BCUT2D eigenvalue weighted by atomic mass is 15.3. The first-order chi connectivity index (χ1) is 6.86. The maximum absolute atomic E-state index is 5.30. The van der Waals surface area contributed by atoms with E-state index in [1.807, 2.05) is 12.2 Å². The van der Waals surface area contributed by atoms with Gasteiger partial charge in [-0.15, -0.1) is 0 Å². The molecule has 0 aromatic rings. The number of nitrogens with zero attached hydrogens (tertiary/aromatic N) is 2. The Morgan fingerprint density at radius 2 is 1.14 bits per heavy atom. The monoisotopic (exact) mass is 196 g/mol. The summed E-state index contributed by atoms with van der Waals surface area (Å²) in [7, 11) is 0. The Labute approximate surface area is 85.8 Å². The molecule has 1 fully saturated rings. The molecular weight excluding hydrogens is 176 g/mol. The van der Waals surface area contributed by atoms with Gasteiger partial charge in [-0.2, -0.15) is 0 Å². The molecule has 4 heteroatoms. The zero-order valence-corrected chi connectivity index (χ0v) is 8.60. The van der Waals surface area contributed by atoms with Crippen LogP contribution in [0, 0.1) is 0 Å². The minimum absolute atomic E-state index is 0.969. The van der Waals surface area contributed by atoms with Crippen LogP contribution in [0.5, 0.6) is 0 Å². The standard InChI is InChI=1S/C10H20N4/c11-3-1-5-13-7-9-14(10-8-13)6-2-4-12/h1-4H,5-12H2. The van der Waals surface area contributed by atoms with E-state index in [1.165, 1.54) is 0 Å². The molecule has 1 heterocycles. The van der Waals surface area contributed by atoms with E-state index < -0.39 is 0 Å². The predicted molar refractivity (Wildman–Crippen MR) is 59.5 cm³/mol. The van der Waals surface area contributed by atoms with Crippen molar-refractivity contribution >= 4 is 0 Å². The van der Waals surface area contributed by atoms with Gasteiger partial charge in [0.2, 0.25) is 0 Å². The fourth-order valence-corrected chi connectivity index (χ4v) is 1.57. The summed E-state index contributed by atoms with van der Waals surface area (Å²) in [4.78, 5) is 4.79. The van der Waals surface area contributed by atoms with Crippen molar-refractivity contribution < 1.29 is 0 Å². The van der Waals surface area contributed by atoms with Crippen LogP contribution in [0.1, 0.15) is 0 Å². The van der Waals surface area contributed by atoms with Gasteiger partial charge < -0.3 is 11.5 Å². The van der Waals surface area contributed by atoms with E-state index in [2.05, 4.69) is 9.80 Å². The van der Waals surface area contributed by atoms with E-state index >= 15 is 0 Å². The van der Waals surface area contributed by atoms with E-state index in [1.54, 1.807) is 12.4 Å². The molecule has 0 aliphatic carbocycles. The van der Waals surface area contributed by atoms with Gasteiger partial charge >= 0.3 is 0 Å². The summed E-state index contributed by atoms with van der Waals surface area (Å²) in [6, 6.07) is 0. The van der Waals surface area contributed by atoms with Gasteiger partial charge in [0.25, 0.3) is 0 Å². The van der Waals surface area contributed by atoms with Crippen molar-refractivity contribution in [1.82, 2.24) is 9.80 Å². The van der Waals surface area contributed by atoms with Crippen molar-refractivity contribution in [2.24, 2.45) is 11.5 Å². The summed E-state index contributed by atoms with van der Waals surface area (Å²) >= 11 is 0. The lowest BCUT2D eigenvalue weighted by Crippen LogP contribution is -2.46. The highest BCUT2D eigenvalue weighted by Crippen LogP contribution is 2.00. The normalized spacial score (nSPS) is 21.1. The van der Waals surface area contributed by atoms with E-state index in [-0.39, 0.29) is 0 Å². The Morgan fingerprint density at radius 3 is 1.43 bits per heavy atom. The molecule has 0 spiro atoms. The lowest BCUT2D eigenvalue weighted by molar-refractivity contribution is 0.153. The molecule has 0 unspecified atom stereocenters. The number of nitrogens with two attached hydrogens (primary N) is 2. The van der Waals surface area contributed by atoms with Gasteiger partial charge in [0, 0.05) is 39.3 Å². The van der Waals surface area contributed by atoms with Crippen molar-refractivity contribution in [1.29, 1.82) is 0 Å². The molecule has 1 rings (SSSR count). The fourth-order valence-electron chi connectivity index (χ4n) is 1.57.